The number of nitrogens with one attached hydrogen (secondary N) is 2. The molecule has 5 nitrogen and oxygen atoms in total. The molecule has 2 aromatic rings. The maximum absolute atomic E-state index is 11.8. The Morgan fingerprint density at radius 2 is 2.12 bits per heavy atom. The van der Waals surface area contributed by atoms with Crippen LogP contribution in [0.25, 0.3) is 0 Å². The Hall–Kier alpha value is -2.14. The molecule has 1 aromatic heterocycles. The smallest absolute Gasteiger partial charge is 0.227 e. The van der Waals surface area contributed by atoms with Crippen LogP contribution >= 0.6 is 0 Å². The van der Waals surface area contributed by atoms with Crippen molar-refractivity contribution in [3.63, 3.8) is 0 Å². The van der Waals surface area contributed by atoms with E-state index < -0.39 is 0 Å². The molecule has 4 rings (SSSR count). The number of aryl methyl sites for hydroxylation is 1. The number of anilines is 1. The first-order valence-corrected chi connectivity index (χ1v) is 8.88. The summed E-state index contributed by atoms with van der Waals surface area (Å²) in [4.78, 5) is 13.7. The van der Waals surface area contributed by atoms with E-state index in [2.05, 4.69) is 46.7 Å². The summed E-state index contributed by atoms with van der Waals surface area (Å²) in [6, 6.07) is 9.23. The van der Waals surface area contributed by atoms with E-state index in [0.29, 0.717) is 18.5 Å². The van der Waals surface area contributed by atoms with Gasteiger partial charge in [0, 0.05) is 36.4 Å². The summed E-state index contributed by atoms with van der Waals surface area (Å²) < 4.78 is 0. The van der Waals surface area contributed by atoms with Crippen molar-refractivity contribution in [3.05, 3.63) is 47.3 Å². The van der Waals surface area contributed by atoms with Gasteiger partial charge in [0.2, 0.25) is 5.91 Å². The van der Waals surface area contributed by atoms with E-state index in [9.17, 15) is 4.79 Å². The van der Waals surface area contributed by atoms with Crippen molar-refractivity contribution in [2.45, 2.75) is 51.1 Å². The summed E-state index contributed by atoms with van der Waals surface area (Å²) in [7, 11) is 0. The van der Waals surface area contributed by atoms with Crippen LogP contribution in [-0.4, -0.2) is 28.7 Å². The Morgan fingerprint density at radius 3 is 2.88 bits per heavy atom. The lowest BCUT2D eigenvalue weighted by molar-refractivity contribution is -0.117. The van der Waals surface area contributed by atoms with Gasteiger partial charge in [-0.25, -0.2) is 0 Å². The molecule has 0 saturated carbocycles. The second-order valence-corrected chi connectivity index (χ2v) is 6.94. The molecule has 0 spiro atoms. The van der Waals surface area contributed by atoms with Crippen molar-refractivity contribution in [3.8, 4) is 0 Å². The van der Waals surface area contributed by atoms with Gasteiger partial charge in [0.15, 0.2) is 0 Å². The van der Waals surface area contributed by atoms with Gasteiger partial charge in [-0.05, 0) is 55.9 Å². The predicted molar refractivity (Wildman–Crippen MR) is 94.0 cm³/mol. The molecular formula is C19H24N4O. The molecule has 1 aliphatic carbocycles. The summed E-state index contributed by atoms with van der Waals surface area (Å²) in [5, 5.41) is 11.0. The highest BCUT2D eigenvalue weighted by Crippen LogP contribution is 2.25. The van der Waals surface area contributed by atoms with Gasteiger partial charge in [-0.2, -0.15) is 5.10 Å². The summed E-state index contributed by atoms with van der Waals surface area (Å²) in [6.45, 7) is 3.06. The summed E-state index contributed by atoms with van der Waals surface area (Å²) in [5.41, 5.74) is 4.92. The van der Waals surface area contributed by atoms with E-state index in [0.717, 1.165) is 37.9 Å². The lowest BCUT2D eigenvalue weighted by atomic mass is 9.92. The predicted octanol–water partition coefficient (Wildman–Crippen LogP) is 2.74. The summed E-state index contributed by atoms with van der Waals surface area (Å²) in [5.74, 6) is 0.243. The van der Waals surface area contributed by atoms with Crippen LogP contribution in [0.2, 0.25) is 0 Å². The van der Waals surface area contributed by atoms with Gasteiger partial charge in [-0.3, -0.25) is 9.89 Å². The number of rotatable bonds is 4. The van der Waals surface area contributed by atoms with Gasteiger partial charge in [0.1, 0.15) is 0 Å². The molecule has 1 aromatic carbocycles. The van der Waals surface area contributed by atoms with Gasteiger partial charge >= 0.3 is 0 Å². The third kappa shape index (κ3) is 2.96. The van der Waals surface area contributed by atoms with Crippen LogP contribution in [0.1, 0.15) is 49.0 Å². The molecule has 5 heteroatoms. The van der Waals surface area contributed by atoms with E-state index in [4.69, 9.17) is 0 Å². The number of hydrogen-bond donors (Lipinski definition) is 2. The van der Waals surface area contributed by atoms with Crippen LogP contribution in [0.4, 0.5) is 5.69 Å². The fourth-order valence-electron chi connectivity index (χ4n) is 3.87. The molecule has 0 bridgehead atoms. The maximum Gasteiger partial charge on any atom is 0.227 e. The molecule has 0 radical (unpaired) electrons. The van der Waals surface area contributed by atoms with E-state index in [-0.39, 0.29) is 5.91 Å². The second-order valence-electron chi connectivity index (χ2n) is 6.94. The monoisotopic (exact) mass is 324 g/mol. The third-order valence-corrected chi connectivity index (χ3v) is 5.28. The molecule has 1 amide bonds. The van der Waals surface area contributed by atoms with E-state index >= 15 is 0 Å². The molecule has 1 aliphatic heterocycles. The zero-order chi connectivity index (χ0) is 16.5. The lowest BCUT2D eigenvalue weighted by Crippen LogP contribution is -2.36. The Morgan fingerprint density at radius 1 is 1.29 bits per heavy atom. The van der Waals surface area contributed by atoms with Crippen molar-refractivity contribution in [1.82, 2.24) is 15.5 Å². The first-order valence-electron chi connectivity index (χ1n) is 8.88. The molecule has 24 heavy (non-hydrogen) atoms. The Balaban J connectivity index is 1.40. The molecule has 2 N–H and O–H groups in total. The van der Waals surface area contributed by atoms with Crippen molar-refractivity contribution in [2.75, 3.05) is 11.4 Å². The van der Waals surface area contributed by atoms with Crippen LogP contribution in [0.5, 0.6) is 0 Å². The third-order valence-electron chi connectivity index (χ3n) is 5.28. The Bertz CT molecular complexity index is 721. The molecule has 0 unspecified atom stereocenters. The SMILES string of the molecule is C[C@H](N[C@H]1CCc2[nH]ncc2C1)c1ccc(N2CCCC2=O)cc1. The number of fused-ring (bicyclic) bond motifs is 1. The van der Waals surface area contributed by atoms with Crippen molar-refractivity contribution >= 4 is 11.6 Å². The standard InChI is InChI=1S/C19H24N4O/c1-13(21-16-6-9-18-15(11-16)12-20-22-18)14-4-7-17(8-5-14)23-10-2-3-19(23)24/h4-5,7-8,12-13,16,21H,2-3,6,9-11H2,1H3,(H,20,22)/t13-,16-/m0/s1. The fraction of sp³-hybridized carbons (Fsp3) is 0.474. The number of amides is 1. The van der Waals surface area contributed by atoms with Gasteiger partial charge in [0.25, 0.3) is 0 Å². The zero-order valence-corrected chi connectivity index (χ0v) is 14.1. The van der Waals surface area contributed by atoms with Crippen LogP contribution in [0.15, 0.2) is 30.5 Å². The number of carbonyl (C=O) groups is 1. The molecule has 2 atom stereocenters. The number of nitrogens with zero attached hydrogens (tertiary/aromatic N) is 2. The number of hydrogen-bond acceptors (Lipinski definition) is 3. The minimum Gasteiger partial charge on any atom is -0.312 e. The maximum atomic E-state index is 11.8. The fourth-order valence-corrected chi connectivity index (χ4v) is 3.87. The van der Waals surface area contributed by atoms with E-state index in [1.165, 1.54) is 16.8 Å². The van der Waals surface area contributed by atoms with Gasteiger partial charge in [-0.1, -0.05) is 12.1 Å². The van der Waals surface area contributed by atoms with Crippen molar-refractivity contribution in [1.29, 1.82) is 0 Å². The van der Waals surface area contributed by atoms with Gasteiger partial charge in [0.05, 0.1) is 6.20 Å². The number of H-pyrrole nitrogens is 1. The van der Waals surface area contributed by atoms with Crippen molar-refractivity contribution < 1.29 is 4.79 Å². The number of benzene rings is 1. The topological polar surface area (TPSA) is 61.0 Å². The quantitative estimate of drug-likeness (QED) is 0.909. The van der Waals surface area contributed by atoms with Gasteiger partial charge in [-0.15, -0.1) is 0 Å². The van der Waals surface area contributed by atoms with Crippen LogP contribution in [0.3, 0.4) is 0 Å². The van der Waals surface area contributed by atoms with Gasteiger partial charge < -0.3 is 10.2 Å². The number of carbonyl (C=O) groups excluding carboxylic acids is 1. The normalized spacial score (nSPS) is 21.8. The Kier molecular flexibility index (Phi) is 4.10. The highest BCUT2D eigenvalue weighted by molar-refractivity contribution is 5.95. The minimum absolute atomic E-state index is 0.243. The Labute approximate surface area is 142 Å². The molecular weight excluding hydrogens is 300 g/mol. The largest absolute Gasteiger partial charge is 0.312 e. The number of aromatic nitrogens is 2. The molecule has 2 heterocycles. The van der Waals surface area contributed by atoms with Crippen LogP contribution < -0.4 is 10.2 Å². The molecule has 126 valence electrons. The molecule has 2 aliphatic rings. The first-order chi connectivity index (χ1) is 11.7. The van der Waals surface area contributed by atoms with Crippen LogP contribution in [-0.2, 0) is 17.6 Å². The second kappa shape index (κ2) is 6.40. The molecule has 1 fully saturated rings. The van der Waals surface area contributed by atoms with E-state index in [1.807, 2.05) is 11.1 Å². The highest BCUT2D eigenvalue weighted by Gasteiger charge is 2.23. The molecule has 1 saturated heterocycles. The first kappa shape index (κ1) is 15.4. The van der Waals surface area contributed by atoms with E-state index in [1.54, 1.807) is 0 Å². The lowest BCUT2D eigenvalue weighted by Gasteiger charge is -2.27. The van der Waals surface area contributed by atoms with Crippen molar-refractivity contribution in [2.24, 2.45) is 0 Å². The summed E-state index contributed by atoms with van der Waals surface area (Å²) >= 11 is 0. The average Bonchev–Trinajstić information content (AvgIpc) is 3.23. The number of aromatic amines is 1. The summed E-state index contributed by atoms with van der Waals surface area (Å²) in [6.07, 6.45) is 6.84. The van der Waals surface area contributed by atoms with Crippen LogP contribution in [0, 0.1) is 0 Å². The zero-order valence-electron chi connectivity index (χ0n) is 14.1. The highest BCUT2D eigenvalue weighted by atomic mass is 16.2. The minimum atomic E-state index is 0.243. The average molecular weight is 324 g/mol.